The number of aromatic nitrogens is 3. The molecule has 4 heteroatoms. The minimum absolute atomic E-state index is 0.235. The predicted molar refractivity (Wildman–Crippen MR) is 80.5 cm³/mol. The second-order valence-electron chi connectivity index (χ2n) is 5.81. The topological polar surface area (TPSA) is 54.5 Å². The van der Waals surface area contributed by atoms with Crippen LogP contribution in [0, 0.1) is 17.2 Å². The SMILES string of the molecule is N#Cc1ccc(C(C2CCCCCC2)n2ccnn2)cc1. The summed E-state index contributed by atoms with van der Waals surface area (Å²) in [5, 5.41) is 17.2. The van der Waals surface area contributed by atoms with Gasteiger partial charge in [0.1, 0.15) is 0 Å². The first kappa shape index (κ1) is 13.8. The third-order valence-electron chi connectivity index (χ3n) is 4.45. The van der Waals surface area contributed by atoms with Gasteiger partial charge in [0, 0.05) is 6.20 Å². The summed E-state index contributed by atoms with van der Waals surface area (Å²) in [7, 11) is 0. The van der Waals surface area contributed by atoms with E-state index in [1.54, 1.807) is 6.20 Å². The van der Waals surface area contributed by atoms with Crippen molar-refractivity contribution >= 4 is 0 Å². The van der Waals surface area contributed by atoms with Crippen LogP contribution in [0.25, 0.3) is 0 Å². The van der Waals surface area contributed by atoms with E-state index < -0.39 is 0 Å². The van der Waals surface area contributed by atoms with Gasteiger partial charge in [-0.15, -0.1) is 5.10 Å². The van der Waals surface area contributed by atoms with E-state index in [1.165, 1.54) is 44.1 Å². The molecule has 1 aliphatic rings. The Kier molecular flexibility index (Phi) is 4.30. The Hall–Kier alpha value is -2.15. The Balaban J connectivity index is 1.93. The highest BCUT2D eigenvalue weighted by atomic mass is 15.4. The van der Waals surface area contributed by atoms with Crippen LogP contribution in [0.5, 0.6) is 0 Å². The minimum atomic E-state index is 0.235. The van der Waals surface area contributed by atoms with E-state index in [9.17, 15) is 0 Å². The summed E-state index contributed by atoms with van der Waals surface area (Å²) in [6.45, 7) is 0. The fraction of sp³-hybridized carbons (Fsp3) is 0.471. The molecule has 0 aliphatic heterocycles. The van der Waals surface area contributed by atoms with Gasteiger partial charge < -0.3 is 0 Å². The lowest BCUT2D eigenvalue weighted by Gasteiger charge is -2.26. The van der Waals surface area contributed by atoms with E-state index in [4.69, 9.17) is 5.26 Å². The molecule has 1 aliphatic carbocycles. The molecular formula is C17H20N4. The molecule has 0 radical (unpaired) electrons. The molecule has 1 aromatic carbocycles. The highest BCUT2D eigenvalue weighted by Crippen LogP contribution is 2.35. The van der Waals surface area contributed by atoms with Crippen LogP contribution in [0.1, 0.15) is 55.7 Å². The summed E-state index contributed by atoms with van der Waals surface area (Å²) in [5.74, 6) is 0.599. The lowest BCUT2D eigenvalue weighted by Crippen LogP contribution is -2.21. The fourth-order valence-electron chi connectivity index (χ4n) is 3.39. The van der Waals surface area contributed by atoms with Crippen molar-refractivity contribution in [2.45, 2.75) is 44.6 Å². The molecule has 1 unspecified atom stereocenters. The molecule has 1 fully saturated rings. The molecule has 1 aromatic heterocycles. The highest BCUT2D eigenvalue weighted by molar-refractivity contribution is 5.33. The zero-order valence-corrected chi connectivity index (χ0v) is 12.2. The van der Waals surface area contributed by atoms with E-state index in [0.717, 1.165) is 0 Å². The van der Waals surface area contributed by atoms with Gasteiger partial charge in [-0.1, -0.05) is 43.0 Å². The second kappa shape index (κ2) is 6.53. The van der Waals surface area contributed by atoms with Crippen molar-refractivity contribution in [2.75, 3.05) is 0 Å². The van der Waals surface area contributed by atoms with Crippen LogP contribution >= 0.6 is 0 Å². The lowest BCUT2D eigenvalue weighted by atomic mass is 9.87. The van der Waals surface area contributed by atoms with Crippen molar-refractivity contribution in [2.24, 2.45) is 5.92 Å². The average molecular weight is 280 g/mol. The molecule has 0 N–H and O–H groups in total. The van der Waals surface area contributed by atoms with Crippen molar-refractivity contribution in [3.63, 3.8) is 0 Å². The number of nitriles is 1. The first-order valence-corrected chi connectivity index (χ1v) is 7.74. The zero-order chi connectivity index (χ0) is 14.5. The Bertz CT molecular complexity index is 587. The molecule has 0 bridgehead atoms. The van der Waals surface area contributed by atoms with Crippen molar-refractivity contribution in [1.82, 2.24) is 15.0 Å². The van der Waals surface area contributed by atoms with Gasteiger partial charge in [0.05, 0.1) is 23.9 Å². The quantitative estimate of drug-likeness (QED) is 0.805. The average Bonchev–Trinajstić information content (AvgIpc) is 2.91. The Morgan fingerprint density at radius 3 is 2.38 bits per heavy atom. The molecule has 0 spiro atoms. The largest absolute Gasteiger partial charge is 0.245 e. The van der Waals surface area contributed by atoms with Crippen LogP contribution < -0.4 is 0 Å². The van der Waals surface area contributed by atoms with Crippen molar-refractivity contribution in [3.05, 3.63) is 47.8 Å². The van der Waals surface area contributed by atoms with E-state index in [1.807, 2.05) is 23.0 Å². The number of hydrogen-bond acceptors (Lipinski definition) is 3. The third kappa shape index (κ3) is 3.13. The van der Waals surface area contributed by atoms with E-state index in [2.05, 4.69) is 28.5 Å². The zero-order valence-electron chi connectivity index (χ0n) is 12.2. The summed E-state index contributed by atoms with van der Waals surface area (Å²) in [5.41, 5.74) is 1.93. The van der Waals surface area contributed by atoms with Crippen LogP contribution in [-0.4, -0.2) is 15.0 Å². The van der Waals surface area contributed by atoms with Gasteiger partial charge in [-0.3, -0.25) is 0 Å². The normalized spacial score (nSPS) is 17.9. The Morgan fingerprint density at radius 1 is 1.10 bits per heavy atom. The number of nitrogens with zero attached hydrogens (tertiary/aromatic N) is 4. The molecular weight excluding hydrogens is 260 g/mol. The van der Waals surface area contributed by atoms with E-state index in [0.29, 0.717) is 11.5 Å². The molecule has 21 heavy (non-hydrogen) atoms. The molecule has 108 valence electrons. The van der Waals surface area contributed by atoms with Gasteiger partial charge in [-0.05, 0) is 36.5 Å². The molecule has 1 heterocycles. The van der Waals surface area contributed by atoms with Gasteiger partial charge in [0.2, 0.25) is 0 Å². The van der Waals surface area contributed by atoms with Gasteiger partial charge in [0.25, 0.3) is 0 Å². The maximum Gasteiger partial charge on any atom is 0.0991 e. The molecule has 0 saturated heterocycles. The maximum atomic E-state index is 8.96. The van der Waals surface area contributed by atoms with Gasteiger partial charge in [-0.2, -0.15) is 5.26 Å². The van der Waals surface area contributed by atoms with Crippen LogP contribution in [0.3, 0.4) is 0 Å². The van der Waals surface area contributed by atoms with Crippen LogP contribution in [-0.2, 0) is 0 Å². The van der Waals surface area contributed by atoms with E-state index >= 15 is 0 Å². The van der Waals surface area contributed by atoms with Gasteiger partial charge in [0.15, 0.2) is 0 Å². The van der Waals surface area contributed by atoms with Gasteiger partial charge in [-0.25, -0.2) is 4.68 Å². The summed E-state index contributed by atoms with van der Waals surface area (Å²) in [4.78, 5) is 0. The van der Waals surface area contributed by atoms with Crippen LogP contribution in [0.2, 0.25) is 0 Å². The molecule has 4 nitrogen and oxygen atoms in total. The first-order chi connectivity index (χ1) is 10.4. The van der Waals surface area contributed by atoms with Crippen LogP contribution in [0.15, 0.2) is 36.7 Å². The first-order valence-electron chi connectivity index (χ1n) is 7.74. The second-order valence-corrected chi connectivity index (χ2v) is 5.81. The maximum absolute atomic E-state index is 8.96. The summed E-state index contributed by atoms with van der Waals surface area (Å²) in [6, 6.07) is 10.3. The van der Waals surface area contributed by atoms with E-state index in [-0.39, 0.29) is 6.04 Å². The molecule has 1 atom stereocenters. The minimum Gasteiger partial charge on any atom is -0.245 e. The van der Waals surface area contributed by atoms with Crippen molar-refractivity contribution in [1.29, 1.82) is 5.26 Å². The van der Waals surface area contributed by atoms with Crippen molar-refractivity contribution in [3.8, 4) is 6.07 Å². The van der Waals surface area contributed by atoms with Crippen LogP contribution in [0.4, 0.5) is 0 Å². The standard InChI is InChI=1S/C17H20N4/c18-13-14-7-9-16(10-8-14)17(21-12-11-19-20-21)15-5-3-1-2-4-6-15/h7-12,15,17H,1-6H2. The summed E-state index contributed by atoms with van der Waals surface area (Å²) in [6.07, 6.45) is 11.5. The molecule has 1 saturated carbocycles. The predicted octanol–water partition coefficient (Wildman–Crippen LogP) is 3.71. The van der Waals surface area contributed by atoms with Gasteiger partial charge >= 0.3 is 0 Å². The summed E-state index contributed by atoms with van der Waals surface area (Å²) < 4.78 is 1.98. The third-order valence-corrected chi connectivity index (χ3v) is 4.45. The molecule has 3 rings (SSSR count). The number of benzene rings is 1. The number of hydrogen-bond donors (Lipinski definition) is 0. The smallest absolute Gasteiger partial charge is 0.0991 e. The Labute approximate surface area is 125 Å². The fourth-order valence-corrected chi connectivity index (χ4v) is 3.39. The summed E-state index contributed by atoms with van der Waals surface area (Å²) >= 11 is 0. The monoisotopic (exact) mass is 280 g/mol. The molecule has 2 aromatic rings. The molecule has 0 amide bonds. The Morgan fingerprint density at radius 2 is 1.81 bits per heavy atom. The lowest BCUT2D eigenvalue weighted by molar-refractivity contribution is 0.313. The van der Waals surface area contributed by atoms with Crippen molar-refractivity contribution < 1.29 is 0 Å². The number of rotatable bonds is 3. The highest BCUT2D eigenvalue weighted by Gasteiger charge is 2.26.